The van der Waals surface area contributed by atoms with Gasteiger partial charge in [0.05, 0.1) is 0 Å². The summed E-state index contributed by atoms with van der Waals surface area (Å²) >= 11 is 0. The number of hydrogen-bond donors (Lipinski definition) is 0. The van der Waals surface area contributed by atoms with E-state index in [1.807, 2.05) is 0 Å². The average Bonchev–Trinajstić information content (AvgIpc) is 3.29. The van der Waals surface area contributed by atoms with Gasteiger partial charge in [0.25, 0.3) is 0 Å². The molecule has 0 aromatic heterocycles. The van der Waals surface area contributed by atoms with Crippen LogP contribution in [-0.4, -0.2) is 37.2 Å². The van der Waals surface area contributed by atoms with Gasteiger partial charge in [0.15, 0.2) is 6.10 Å². The number of ether oxygens (including phenoxy) is 3. The zero-order valence-electron chi connectivity index (χ0n) is 41.5. The Balaban J connectivity index is 4.34. The Bertz CT molecular complexity index is 1300. The van der Waals surface area contributed by atoms with Gasteiger partial charge in [-0.1, -0.05) is 214 Å². The van der Waals surface area contributed by atoms with Crippen LogP contribution in [0.2, 0.25) is 0 Å². The molecule has 0 aliphatic heterocycles. The third-order valence-electron chi connectivity index (χ3n) is 10.8. The van der Waals surface area contributed by atoms with E-state index in [1.165, 1.54) is 64.2 Å². The monoisotopic (exact) mass is 889 g/mol. The summed E-state index contributed by atoms with van der Waals surface area (Å²) in [6, 6.07) is 0. The molecule has 0 bridgehead atoms. The first-order valence-corrected chi connectivity index (χ1v) is 26.2. The Kier molecular flexibility index (Phi) is 49.0. The largest absolute Gasteiger partial charge is 0.462 e. The first-order chi connectivity index (χ1) is 31.5. The zero-order chi connectivity index (χ0) is 46.5. The van der Waals surface area contributed by atoms with Gasteiger partial charge in [-0.15, -0.1) is 0 Å². The summed E-state index contributed by atoms with van der Waals surface area (Å²) < 4.78 is 16.7. The maximum atomic E-state index is 12.8. The minimum absolute atomic E-state index is 0.0901. The maximum absolute atomic E-state index is 12.8. The molecular formula is C58H96O6. The van der Waals surface area contributed by atoms with Gasteiger partial charge in [-0.2, -0.15) is 0 Å². The molecular weight excluding hydrogens is 793 g/mol. The van der Waals surface area contributed by atoms with Gasteiger partial charge in [-0.25, -0.2) is 0 Å². The molecule has 0 N–H and O–H groups in total. The van der Waals surface area contributed by atoms with Crippen molar-refractivity contribution < 1.29 is 28.6 Å². The summed E-state index contributed by atoms with van der Waals surface area (Å²) in [5, 5.41) is 0. The third-order valence-corrected chi connectivity index (χ3v) is 10.8. The van der Waals surface area contributed by atoms with E-state index in [0.29, 0.717) is 19.3 Å². The van der Waals surface area contributed by atoms with E-state index in [1.54, 1.807) is 0 Å². The van der Waals surface area contributed by atoms with Crippen molar-refractivity contribution in [3.8, 4) is 0 Å². The van der Waals surface area contributed by atoms with Crippen LogP contribution in [0.5, 0.6) is 0 Å². The highest BCUT2D eigenvalue weighted by Gasteiger charge is 2.19. The molecule has 0 fully saturated rings. The molecule has 0 heterocycles. The molecule has 6 heteroatoms. The first kappa shape index (κ1) is 60.3. The van der Waals surface area contributed by atoms with E-state index < -0.39 is 6.10 Å². The van der Waals surface area contributed by atoms with Gasteiger partial charge < -0.3 is 14.2 Å². The number of allylic oxidation sites excluding steroid dienone is 16. The van der Waals surface area contributed by atoms with E-state index in [2.05, 4.69) is 118 Å². The number of hydrogen-bond acceptors (Lipinski definition) is 6. The van der Waals surface area contributed by atoms with Crippen molar-refractivity contribution in [2.45, 2.75) is 239 Å². The summed E-state index contributed by atoms with van der Waals surface area (Å²) in [6.45, 7) is 6.35. The summed E-state index contributed by atoms with van der Waals surface area (Å²) in [4.78, 5) is 37.9. The van der Waals surface area contributed by atoms with E-state index in [9.17, 15) is 14.4 Å². The second kappa shape index (κ2) is 52.0. The molecule has 0 aliphatic carbocycles. The van der Waals surface area contributed by atoms with Gasteiger partial charge >= 0.3 is 17.9 Å². The van der Waals surface area contributed by atoms with E-state index in [4.69, 9.17) is 14.2 Å². The van der Waals surface area contributed by atoms with E-state index in [0.717, 1.165) is 128 Å². The molecule has 0 rings (SSSR count). The highest BCUT2D eigenvalue weighted by atomic mass is 16.6. The summed E-state index contributed by atoms with van der Waals surface area (Å²) in [7, 11) is 0. The van der Waals surface area contributed by atoms with Crippen molar-refractivity contribution >= 4 is 17.9 Å². The summed E-state index contributed by atoms with van der Waals surface area (Å²) in [6.07, 6.45) is 68.3. The highest BCUT2D eigenvalue weighted by Crippen LogP contribution is 2.14. The molecule has 0 amide bonds. The normalized spacial score (nSPS) is 12.9. The molecule has 0 aromatic carbocycles. The van der Waals surface area contributed by atoms with Crippen LogP contribution in [0.15, 0.2) is 97.2 Å². The van der Waals surface area contributed by atoms with Gasteiger partial charge in [-0.3, -0.25) is 14.4 Å². The van der Waals surface area contributed by atoms with Crippen molar-refractivity contribution in [3.63, 3.8) is 0 Å². The second-order valence-corrected chi connectivity index (χ2v) is 17.0. The van der Waals surface area contributed by atoms with Crippen molar-refractivity contribution in [1.82, 2.24) is 0 Å². The SMILES string of the molecule is CC/C=C\C/C=C\C/C=C\C/C=C\CCCCCCCCCCC(=O)OCC(COC(=O)CCCCCCCCCC)OC(=O)CCCCCC/C=C\C/C=C\C/C=C\C/C=C\CC. The molecule has 64 heavy (non-hydrogen) atoms. The molecule has 0 spiro atoms. The molecule has 1 unspecified atom stereocenters. The number of unbranched alkanes of at least 4 members (excludes halogenated alkanes) is 19. The van der Waals surface area contributed by atoms with Gasteiger partial charge in [0, 0.05) is 19.3 Å². The van der Waals surface area contributed by atoms with Crippen LogP contribution < -0.4 is 0 Å². The van der Waals surface area contributed by atoms with Crippen LogP contribution >= 0.6 is 0 Å². The molecule has 364 valence electrons. The number of rotatable bonds is 46. The fourth-order valence-corrected chi connectivity index (χ4v) is 6.95. The van der Waals surface area contributed by atoms with Crippen molar-refractivity contribution in [3.05, 3.63) is 97.2 Å². The molecule has 0 aliphatic rings. The number of carbonyl (C=O) groups excluding carboxylic acids is 3. The lowest BCUT2D eigenvalue weighted by atomic mass is 10.1. The molecule has 1 atom stereocenters. The number of carbonyl (C=O) groups is 3. The lowest BCUT2D eigenvalue weighted by molar-refractivity contribution is -0.167. The van der Waals surface area contributed by atoms with Crippen LogP contribution in [-0.2, 0) is 28.6 Å². The molecule has 0 aromatic rings. The van der Waals surface area contributed by atoms with Crippen LogP contribution in [0.1, 0.15) is 233 Å². The Morgan fingerprint density at radius 3 is 0.953 bits per heavy atom. The Morgan fingerprint density at radius 2 is 0.609 bits per heavy atom. The van der Waals surface area contributed by atoms with Crippen molar-refractivity contribution in [2.75, 3.05) is 13.2 Å². The van der Waals surface area contributed by atoms with Crippen molar-refractivity contribution in [1.29, 1.82) is 0 Å². The smallest absolute Gasteiger partial charge is 0.306 e. The predicted octanol–water partition coefficient (Wildman–Crippen LogP) is 17.4. The lowest BCUT2D eigenvalue weighted by Gasteiger charge is -2.18. The fraction of sp³-hybridized carbons (Fsp3) is 0.672. The second-order valence-electron chi connectivity index (χ2n) is 17.0. The predicted molar refractivity (Wildman–Crippen MR) is 274 cm³/mol. The fourth-order valence-electron chi connectivity index (χ4n) is 6.95. The molecule has 0 radical (unpaired) electrons. The van der Waals surface area contributed by atoms with Crippen LogP contribution in [0.25, 0.3) is 0 Å². The third kappa shape index (κ3) is 49.3. The average molecular weight is 889 g/mol. The van der Waals surface area contributed by atoms with Gasteiger partial charge in [0.2, 0.25) is 0 Å². The van der Waals surface area contributed by atoms with Crippen LogP contribution in [0, 0.1) is 0 Å². The zero-order valence-corrected chi connectivity index (χ0v) is 41.5. The lowest BCUT2D eigenvalue weighted by Crippen LogP contribution is -2.30. The molecule has 0 saturated heterocycles. The topological polar surface area (TPSA) is 78.9 Å². The maximum Gasteiger partial charge on any atom is 0.306 e. The summed E-state index contributed by atoms with van der Waals surface area (Å²) in [5.74, 6) is -0.929. The van der Waals surface area contributed by atoms with Gasteiger partial charge in [0.1, 0.15) is 13.2 Å². The summed E-state index contributed by atoms with van der Waals surface area (Å²) in [5.41, 5.74) is 0. The van der Waals surface area contributed by atoms with Crippen LogP contribution in [0.3, 0.4) is 0 Å². The first-order valence-electron chi connectivity index (χ1n) is 26.2. The highest BCUT2D eigenvalue weighted by molar-refractivity contribution is 5.71. The van der Waals surface area contributed by atoms with E-state index in [-0.39, 0.29) is 31.1 Å². The minimum Gasteiger partial charge on any atom is -0.462 e. The standard InChI is InChI=1S/C58H96O6/c1-4-7-10-13-16-19-21-23-25-27-28-29-30-32-33-35-37-39-42-45-48-51-57(60)63-54-55(53-62-56(59)50-47-44-41-18-15-12-9-6-3)64-58(61)52-49-46-43-40-38-36-34-31-26-24-22-20-17-14-11-8-5-2/h7-8,10-11,16-17,19-20,23-26,28-29,34,36,55H,4-6,9,12-15,18,21-22,27,30-33,35,37-54H2,1-3H3/b10-7-,11-8-,19-16-,20-17-,25-23-,26-24-,29-28-,36-34-. The molecule has 6 nitrogen and oxygen atoms in total. The van der Waals surface area contributed by atoms with E-state index >= 15 is 0 Å². The quantitative estimate of drug-likeness (QED) is 0.0262. The van der Waals surface area contributed by atoms with Crippen molar-refractivity contribution in [2.24, 2.45) is 0 Å². The molecule has 0 saturated carbocycles. The Morgan fingerprint density at radius 1 is 0.328 bits per heavy atom. The minimum atomic E-state index is -0.792. The van der Waals surface area contributed by atoms with Gasteiger partial charge in [-0.05, 0) is 96.3 Å². The Hall–Kier alpha value is -3.67. The number of esters is 3. The Labute approximate surface area is 394 Å². The van der Waals surface area contributed by atoms with Crippen LogP contribution in [0.4, 0.5) is 0 Å².